The molecule has 0 atom stereocenters. The number of hydrogen-bond acceptors (Lipinski definition) is 3. The fourth-order valence-electron chi connectivity index (χ4n) is 1.62. The minimum absolute atomic E-state index is 0.502. The topological polar surface area (TPSA) is 21.7 Å². The quantitative estimate of drug-likeness (QED) is 0.727. The maximum atomic E-state index is 5.59. The van der Waals surface area contributed by atoms with E-state index in [1.54, 1.807) is 7.11 Å². The highest BCUT2D eigenvalue weighted by molar-refractivity contribution is 5.14. The summed E-state index contributed by atoms with van der Waals surface area (Å²) >= 11 is 0. The molecule has 2 aromatic carbocycles. The van der Waals surface area contributed by atoms with Gasteiger partial charge < -0.3 is 0 Å². The van der Waals surface area contributed by atoms with Crippen LogP contribution in [0.15, 0.2) is 60.7 Å². The summed E-state index contributed by atoms with van der Waals surface area (Å²) in [4.78, 5) is 10.8. The summed E-state index contributed by atoms with van der Waals surface area (Å²) < 4.78 is 0. The molecule has 0 aliphatic carbocycles. The molecule has 0 aromatic heterocycles. The predicted molar refractivity (Wildman–Crippen MR) is 70.2 cm³/mol. The highest BCUT2D eigenvalue weighted by Gasteiger charge is 2.05. The molecular formula is C15H17NO2. The second kappa shape index (κ2) is 6.91. The minimum Gasteiger partial charge on any atom is -0.277 e. The van der Waals surface area contributed by atoms with Gasteiger partial charge in [-0.1, -0.05) is 65.9 Å². The second-order valence-corrected chi connectivity index (χ2v) is 3.92. The Balaban J connectivity index is 1.86. The summed E-state index contributed by atoms with van der Waals surface area (Å²) in [6, 6.07) is 20.1. The van der Waals surface area contributed by atoms with Crippen molar-refractivity contribution in [3.05, 3.63) is 71.8 Å². The molecule has 94 valence electrons. The van der Waals surface area contributed by atoms with Gasteiger partial charge in [-0.05, 0) is 11.1 Å². The highest BCUT2D eigenvalue weighted by atomic mass is 16.9. The first-order valence-electron chi connectivity index (χ1n) is 5.91. The van der Waals surface area contributed by atoms with E-state index in [1.807, 2.05) is 60.7 Å². The molecule has 0 aliphatic rings. The van der Waals surface area contributed by atoms with Crippen molar-refractivity contribution in [2.24, 2.45) is 0 Å². The monoisotopic (exact) mass is 243 g/mol. The highest BCUT2D eigenvalue weighted by Crippen LogP contribution is 2.08. The first kappa shape index (κ1) is 12.8. The number of nitrogens with zero attached hydrogens (tertiary/aromatic N) is 1. The van der Waals surface area contributed by atoms with Gasteiger partial charge in [-0.15, -0.1) is 0 Å². The third-order valence-electron chi connectivity index (χ3n) is 2.58. The fourth-order valence-corrected chi connectivity index (χ4v) is 1.62. The van der Waals surface area contributed by atoms with Crippen LogP contribution in [0.25, 0.3) is 0 Å². The van der Waals surface area contributed by atoms with Gasteiger partial charge in [0, 0.05) is 0 Å². The molecule has 0 heterocycles. The van der Waals surface area contributed by atoms with Gasteiger partial charge in [0.2, 0.25) is 0 Å². The Hall–Kier alpha value is -1.68. The van der Waals surface area contributed by atoms with Crippen molar-refractivity contribution in [3.8, 4) is 0 Å². The first-order valence-corrected chi connectivity index (χ1v) is 5.91. The van der Waals surface area contributed by atoms with E-state index in [0.29, 0.717) is 13.2 Å². The Kier molecular flexibility index (Phi) is 4.90. The summed E-state index contributed by atoms with van der Waals surface area (Å²) in [6.45, 7) is 1.10. The van der Waals surface area contributed by atoms with Crippen LogP contribution in [0, 0.1) is 0 Å². The van der Waals surface area contributed by atoms with Gasteiger partial charge in [0.1, 0.15) is 0 Å². The van der Waals surface area contributed by atoms with Crippen molar-refractivity contribution in [1.82, 2.24) is 5.23 Å². The molecule has 3 heteroatoms. The van der Waals surface area contributed by atoms with E-state index in [-0.39, 0.29) is 0 Å². The molecule has 2 rings (SSSR count). The van der Waals surface area contributed by atoms with Crippen molar-refractivity contribution in [2.45, 2.75) is 13.2 Å². The molecule has 0 radical (unpaired) electrons. The van der Waals surface area contributed by atoms with Gasteiger partial charge >= 0.3 is 0 Å². The third kappa shape index (κ3) is 3.96. The van der Waals surface area contributed by atoms with Gasteiger partial charge in [0.15, 0.2) is 0 Å². The predicted octanol–water partition coefficient (Wildman–Crippen LogP) is 3.18. The largest absolute Gasteiger partial charge is 0.277 e. The lowest BCUT2D eigenvalue weighted by atomic mass is 10.2. The van der Waals surface area contributed by atoms with Gasteiger partial charge in [-0.25, -0.2) is 0 Å². The smallest absolute Gasteiger partial charge is 0.0962 e. The van der Waals surface area contributed by atoms with Crippen molar-refractivity contribution in [1.29, 1.82) is 0 Å². The molecule has 3 nitrogen and oxygen atoms in total. The zero-order valence-corrected chi connectivity index (χ0v) is 10.5. The van der Waals surface area contributed by atoms with Crippen LogP contribution in [0.1, 0.15) is 11.1 Å². The number of rotatable bonds is 6. The Morgan fingerprint density at radius 1 is 0.833 bits per heavy atom. The molecule has 0 spiro atoms. The van der Waals surface area contributed by atoms with Crippen LogP contribution >= 0.6 is 0 Å². The average molecular weight is 243 g/mol. The standard InChI is InChI=1S/C15H17NO2/c1-17-16(12-14-8-4-2-5-9-14)18-13-15-10-6-3-7-11-15/h2-11H,12-13H2,1H3. The average Bonchev–Trinajstić information content (AvgIpc) is 2.45. The zero-order chi connectivity index (χ0) is 12.6. The first-order chi connectivity index (χ1) is 8.88. The number of hydrogen-bond donors (Lipinski definition) is 0. The van der Waals surface area contributed by atoms with Crippen molar-refractivity contribution in [3.63, 3.8) is 0 Å². The fraction of sp³-hybridized carbons (Fsp3) is 0.200. The van der Waals surface area contributed by atoms with Gasteiger partial charge in [-0.2, -0.15) is 0 Å². The van der Waals surface area contributed by atoms with Crippen LogP contribution in [0.5, 0.6) is 0 Å². The maximum Gasteiger partial charge on any atom is 0.0962 e. The van der Waals surface area contributed by atoms with Gasteiger partial charge in [-0.3, -0.25) is 9.68 Å². The summed E-state index contributed by atoms with van der Waals surface area (Å²) in [5, 5.41) is 1.49. The normalized spacial score (nSPS) is 10.8. The van der Waals surface area contributed by atoms with E-state index in [2.05, 4.69) is 0 Å². The lowest BCUT2D eigenvalue weighted by molar-refractivity contribution is -0.369. The lowest BCUT2D eigenvalue weighted by Gasteiger charge is -2.18. The minimum atomic E-state index is 0.502. The van der Waals surface area contributed by atoms with Crippen LogP contribution in [0.3, 0.4) is 0 Å². The van der Waals surface area contributed by atoms with Crippen molar-refractivity contribution in [2.75, 3.05) is 7.11 Å². The zero-order valence-electron chi connectivity index (χ0n) is 10.5. The van der Waals surface area contributed by atoms with E-state index in [0.717, 1.165) is 11.1 Å². The Labute approximate surface area is 107 Å². The molecule has 0 bridgehead atoms. The summed E-state index contributed by atoms with van der Waals surface area (Å²) in [5.74, 6) is 0. The molecule has 0 saturated carbocycles. The van der Waals surface area contributed by atoms with Crippen LogP contribution in [0.4, 0.5) is 0 Å². The Bertz CT molecular complexity index is 445. The maximum absolute atomic E-state index is 5.59. The summed E-state index contributed by atoms with van der Waals surface area (Å²) in [7, 11) is 1.61. The molecule has 0 aliphatic heterocycles. The van der Waals surface area contributed by atoms with E-state index < -0.39 is 0 Å². The second-order valence-electron chi connectivity index (χ2n) is 3.92. The number of hydroxylamine groups is 2. The molecule has 2 aromatic rings. The molecule has 0 saturated heterocycles. The van der Waals surface area contributed by atoms with Crippen LogP contribution in [0.2, 0.25) is 0 Å². The SMILES string of the molecule is CON(Cc1ccccc1)OCc1ccccc1. The lowest BCUT2D eigenvalue weighted by Crippen LogP contribution is -2.22. The molecule has 0 N–H and O–H groups in total. The molecular weight excluding hydrogens is 226 g/mol. The Morgan fingerprint density at radius 2 is 1.39 bits per heavy atom. The number of benzene rings is 2. The molecule has 18 heavy (non-hydrogen) atoms. The van der Waals surface area contributed by atoms with E-state index >= 15 is 0 Å². The van der Waals surface area contributed by atoms with E-state index in [1.165, 1.54) is 5.23 Å². The van der Waals surface area contributed by atoms with Crippen molar-refractivity contribution < 1.29 is 9.68 Å². The van der Waals surface area contributed by atoms with Gasteiger partial charge in [0.05, 0.1) is 20.3 Å². The summed E-state index contributed by atoms with van der Waals surface area (Å²) in [5.41, 5.74) is 2.26. The van der Waals surface area contributed by atoms with Gasteiger partial charge in [0.25, 0.3) is 0 Å². The molecule has 0 amide bonds. The van der Waals surface area contributed by atoms with Crippen LogP contribution < -0.4 is 0 Å². The molecule has 0 fully saturated rings. The third-order valence-corrected chi connectivity index (χ3v) is 2.58. The van der Waals surface area contributed by atoms with Crippen LogP contribution in [-0.2, 0) is 22.8 Å². The summed E-state index contributed by atoms with van der Waals surface area (Å²) in [6.07, 6.45) is 0. The van der Waals surface area contributed by atoms with E-state index in [4.69, 9.17) is 9.68 Å². The van der Waals surface area contributed by atoms with E-state index in [9.17, 15) is 0 Å². The van der Waals surface area contributed by atoms with Crippen molar-refractivity contribution >= 4 is 0 Å². The molecule has 0 unspecified atom stereocenters. The Morgan fingerprint density at radius 3 is 1.94 bits per heavy atom. The van der Waals surface area contributed by atoms with Crippen LogP contribution in [-0.4, -0.2) is 12.3 Å².